The van der Waals surface area contributed by atoms with Crippen LogP contribution in [0.25, 0.3) is 0 Å². The van der Waals surface area contributed by atoms with Crippen molar-refractivity contribution < 1.29 is 9.47 Å². The molecule has 0 amide bonds. The van der Waals surface area contributed by atoms with Gasteiger partial charge in [-0.1, -0.05) is 26.0 Å². The molecule has 0 radical (unpaired) electrons. The zero-order chi connectivity index (χ0) is 18.9. The Morgan fingerprint density at radius 3 is 2.78 bits per heavy atom. The Balaban J connectivity index is 0.00000261. The normalized spacial score (nSPS) is 26.0. The van der Waals surface area contributed by atoms with Gasteiger partial charge in [-0.2, -0.15) is 0 Å². The first-order valence-corrected chi connectivity index (χ1v) is 9.68. The molecule has 27 heavy (non-hydrogen) atoms. The molecule has 1 aliphatic heterocycles. The van der Waals surface area contributed by atoms with Crippen molar-refractivity contribution in [1.29, 1.82) is 0 Å². The summed E-state index contributed by atoms with van der Waals surface area (Å²) in [5.41, 5.74) is 2.48. The van der Waals surface area contributed by atoms with E-state index in [1.54, 1.807) is 0 Å². The highest BCUT2D eigenvalue weighted by Crippen LogP contribution is 2.52. The second-order valence-corrected chi connectivity index (χ2v) is 8.39. The number of nitrogens with one attached hydrogen (secondary N) is 2. The summed E-state index contributed by atoms with van der Waals surface area (Å²) in [6.45, 7) is 12.3. The van der Waals surface area contributed by atoms with Gasteiger partial charge in [-0.25, -0.2) is 0 Å². The summed E-state index contributed by atoms with van der Waals surface area (Å²) in [7, 11) is 1.82. The summed E-state index contributed by atoms with van der Waals surface area (Å²) < 4.78 is 11.9. The predicted molar refractivity (Wildman–Crippen MR) is 121 cm³/mol. The van der Waals surface area contributed by atoms with Crippen LogP contribution in [0, 0.1) is 18.3 Å². The monoisotopic (exact) mass is 487 g/mol. The number of ether oxygens (including phenoxy) is 2. The fraction of sp³-hybridized carbons (Fsp3) is 0.667. The molecule has 1 aromatic carbocycles. The van der Waals surface area contributed by atoms with Crippen LogP contribution in [0.1, 0.15) is 45.2 Å². The molecule has 0 aromatic heterocycles. The number of nitrogens with zero attached hydrogens (tertiary/aromatic N) is 1. The Bertz CT molecular complexity index is 675. The van der Waals surface area contributed by atoms with E-state index in [9.17, 15) is 0 Å². The number of halogens is 1. The van der Waals surface area contributed by atoms with Crippen LogP contribution >= 0.6 is 24.0 Å². The molecule has 1 aromatic rings. The van der Waals surface area contributed by atoms with Crippen molar-refractivity contribution in [3.8, 4) is 5.75 Å². The van der Waals surface area contributed by atoms with Gasteiger partial charge in [0.1, 0.15) is 5.75 Å². The zero-order valence-electron chi connectivity index (χ0n) is 17.3. The van der Waals surface area contributed by atoms with E-state index in [1.807, 2.05) is 7.05 Å². The van der Waals surface area contributed by atoms with E-state index >= 15 is 0 Å². The highest BCUT2D eigenvalue weighted by atomic mass is 127. The molecule has 2 aliphatic rings. The van der Waals surface area contributed by atoms with Crippen LogP contribution in [0.4, 0.5) is 0 Å². The van der Waals surface area contributed by atoms with Gasteiger partial charge in [-0.15, -0.1) is 24.0 Å². The van der Waals surface area contributed by atoms with Gasteiger partial charge in [0.25, 0.3) is 0 Å². The number of hydrogen-bond donors (Lipinski definition) is 2. The van der Waals surface area contributed by atoms with Gasteiger partial charge in [-0.05, 0) is 38.8 Å². The summed E-state index contributed by atoms with van der Waals surface area (Å²) in [6.07, 6.45) is 1.66. The summed E-state index contributed by atoms with van der Waals surface area (Å²) in [4.78, 5) is 4.43. The number of hydrogen-bond acceptors (Lipinski definition) is 3. The van der Waals surface area contributed by atoms with E-state index in [2.05, 4.69) is 68.4 Å². The number of fused-ring (bicyclic) bond motifs is 1. The summed E-state index contributed by atoms with van der Waals surface area (Å²) >= 11 is 0. The molecule has 3 rings (SSSR count). The van der Waals surface area contributed by atoms with Crippen LogP contribution in [0.2, 0.25) is 0 Å². The van der Waals surface area contributed by atoms with Crippen LogP contribution in [0.5, 0.6) is 5.75 Å². The number of aryl methyl sites for hydroxylation is 1. The van der Waals surface area contributed by atoms with Crippen LogP contribution in [0.3, 0.4) is 0 Å². The Morgan fingerprint density at radius 1 is 1.37 bits per heavy atom. The lowest BCUT2D eigenvalue weighted by Crippen LogP contribution is -2.67. The van der Waals surface area contributed by atoms with Gasteiger partial charge in [-0.3, -0.25) is 4.99 Å². The first-order chi connectivity index (χ1) is 12.3. The fourth-order valence-electron chi connectivity index (χ4n) is 4.31. The summed E-state index contributed by atoms with van der Waals surface area (Å²) in [6, 6.07) is 6.74. The summed E-state index contributed by atoms with van der Waals surface area (Å²) in [5.74, 6) is 2.36. The molecule has 5 nitrogen and oxygen atoms in total. The molecule has 0 spiro atoms. The minimum Gasteiger partial charge on any atom is -0.491 e. The van der Waals surface area contributed by atoms with Gasteiger partial charge < -0.3 is 20.1 Å². The van der Waals surface area contributed by atoms with Crippen molar-refractivity contribution in [1.82, 2.24) is 10.6 Å². The number of aliphatic imine (C=N–C) groups is 1. The fourth-order valence-corrected chi connectivity index (χ4v) is 4.31. The second kappa shape index (κ2) is 8.99. The smallest absolute Gasteiger partial charge is 0.191 e. The third-order valence-corrected chi connectivity index (χ3v) is 5.65. The first kappa shape index (κ1) is 22.3. The Kier molecular flexibility index (Phi) is 7.41. The Labute approximate surface area is 180 Å². The van der Waals surface area contributed by atoms with E-state index < -0.39 is 0 Å². The molecule has 3 unspecified atom stereocenters. The lowest BCUT2D eigenvalue weighted by atomic mass is 9.57. The zero-order valence-corrected chi connectivity index (χ0v) is 19.7. The van der Waals surface area contributed by atoms with Crippen LogP contribution < -0.4 is 15.4 Å². The molecule has 1 heterocycles. The largest absolute Gasteiger partial charge is 0.491 e. The van der Waals surface area contributed by atoms with Crippen LogP contribution in [-0.2, 0) is 11.3 Å². The van der Waals surface area contributed by atoms with E-state index in [0.29, 0.717) is 24.6 Å². The molecule has 2 N–H and O–H groups in total. The third kappa shape index (κ3) is 4.70. The predicted octanol–water partition coefficient (Wildman–Crippen LogP) is 3.88. The number of rotatable bonds is 5. The number of guanidine groups is 1. The van der Waals surface area contributed by atoms with E-state index in [4.69, 9.17) is 9.47 Å². The quantitative estimate of drug-likeness (QED) is 0.376. The maximum absolute atomic E-state index is 5.98. The molecule has 1 saturated heterocycles. The molecule has 1 saturated carbocycles. The van der Waals surface area contributed by atoms with E-state index in [0.717, 1.165) is 30.3 Å². The topological polar surface area (TPSA) is 54.9 Å². The molecule has 6 heteroatoms. The number of benzene rings is 1. The highest BCUT2D eigenvalue weighted by Gasteiger charge is 2.59. The lowest BCUT2D eigenvalue weighted by molar-refractivity contribution is -0.106. The van der Waals surface area contributed by atoms with Crippen molar-refractivity contribution in [3.63, 3.8) is 0 Å². The molecule has 152 valence electrons. The Hall–Kier alpha value is -1.02. The molecule has 0 bridgehead atoms. The van der Waals surface area contributed by atoms with Gasteiger partial charge in [0.05, 0.1) is 12.2 Å². The average Bonchev–Trinajstić information content (AvgIpc) is 3.03. The second-order valence-electron chi connectivity index (χ2n) is 8.39. The lowest BCUT2D eigenvalue weighted by Gasteiger charge is -2.54. The van der Waals surface area contributed by atoms with Crippen molar-refractivity contribution in [2.24, 2.45) is 16.3 Å². The maximum Gasteiger partial charge on any atom is 0.191 e. The van der Waals surface area contributed by atoms with Crippen molar-refractivity contribution in [3.05, 3.63) is 29.3 Å². The minimum atomic E-state index is 0. The molecule has 2 fully saturated rings. The standard InChI is InChI=1S/C21H33N3O2.HI/c1-13(2)26-17-11-14(3)7-8-15(17)12-23-20(22-6)24-18-16-9-10-25-19(16)21(18,4)5;/h7-8,11,13,16,18-19H,9-10,12H2,1-6H3,(H2,22,23,24);1H. The SMILES string of the molecule is CN=C(NCc1ccc(C)cc1OC(C)C)NC1C2CCOC2C1(C)C.I. The Morgan fingerprint density at radius 2 is 2.11 bits per heavy atom. The average molecular weight is 487 g/mol. The summed E-state index contributed by atoms with van der Waals surface area (Å²) in [5, 5.41) is 7.08. The van der Waals surface area contributed by atoms with Gasteiger partial charge in [0, 0.05) is 43.1 Å². The maximum atomic E-state index is 5.98. The first-order valence-electron chi connectivity index (χ1n) is 9.68. The highest BCUT2D eigenvalue weighted by molar-refractivity contribution is 14.0. The molecular weight excluding hydrogens is 453 g/mol. The van der Waals surface area contributed by atoms with Crippen molar-refractivity contribution in [2.45, 2.75) is 65.8 Å². The molecule has 3 atom stereocenters. The van der Waals surface area contributed by atoms with E-state index in [1.165, 1.54) is 5.56 Å². The van der Waals surface area contributed by atoms with Crippen LogP contribution in [-0.4, -0.2) is 37.9 Å². The van der Waals surface area contributed by atoms with Gasteiger partial charge >= 0.3 is 0 Å². The van der Waals surface area contributed by atoms with E-state index in [-0.39, 0.29) is 35.5 Å². The molecule has 1 aliphatic carbocycles. The van der Waals surface area contributed by atoms with Gasteiger partial charge in [0.2, 0.25) is 0 Å². The van der Waals surface area contributed by atoms with Crippen LogP contribution in [0.15, 0.2) is 23.2 Å². The van der Waals surface area contributed by atoms with Crippen molar-refractivity contribution in [2.75, 3.05) is 13.7 Å². The minimum absolute atomic E-state index is 0. The third-order valence-electron chi connectivity index (χ3n) is 5.65. The van der Waals surface area contributed by atoms with Crippen molar-refractivity contribution >= 4 is 29.9 Å². The van der Waals surface area contributed by atoms with Gasteiger partial charge in [0.15, 0.2) is 5.96 Å². The molecular formula is C21H34IN3O2.